The van der Waals surface area contributed by atoms with Crippen molar-refractivity contribution in [3.63, 3.8) is 0 Å². The second-order valence-corrected chi connectivity index (χ2v) is 7.28. The number of nitrogens with zero attached hydrogens (tertiary/aromatic N) is 3. The van der Waals surface area contributed by atoms with E-state index in [2.05, 4.69) is 5.32 Å². The van der Waals surface area contributed by atoms with Crippen molar-refractivity contribution in [2.45, 2.75) is 18.9 Å². The third-order valence-corrected chi connectivity index (χ3v) is 5.52. The van der Waals surface area contributed by atoms with E-state index in [4.69, 9.17) is 9.84 Å². The van der Waals surface area contributed by atoms with E-state index in [9.17, 15) is 19.2 Å². The van der Waals surface area contributed by atoms with Gasteiger partial charge in [-0.15, -0.1) is 0 Å². The zero-order valence-corrected chi connectivity index (χ0v) is 16.5. The van der Waals surface area contributed by atoms with Gasteiger partial charge in [-0.2, -0.15) is 0 Å². The van der Waals surface area contributed by atoms with Gasteiger partial charge in [0.05, 0.1) is 31.5 Å². The maximum Gasteiger partial charge on any atom is 0.337 e. The van der Waals surface area contributed by atoms with Crippen molar-refractivity contribution >= 4 is 35.2 Å². The first-order valence-electron chi connectivity index (χ1n) is 9.69. The molecule has 4 amide bonds. The number of nitrogens with one attached hydrogen (secondary N) is 1. The minimum absolute atomic E-state index is 0.0217. The SMILES string of the molecule is COC(=O)C1=C(Nc2cccc(N3C(=O)C4CCCN4C3=O)c2)C(=O)N(CCO)C1. The van der Waals surface area contributed by atoms with Crippen molar-refractivity contribution in [1.82, 2.24) is 9.80 Å². The molecule has 2 N–H and O–H groups in total. The summed E-state index contributed by atoms with van der Waals surface area (Å²) in [4.78, 5) is 54.2. The number of β-amino-alcohol motifs (C(OH)–C–C–N with tert-alkyl or cyclic N) is 1. The van der Waals surface area contributed by atoms with Crippen LogP contribution in [0.3, 0.4) is 0 Å². The van der Waals surface area contributed by atoms with Gasteiger partial charge in [-0.25, -0.2) is 14.5 Å². The van der Waals surface area contributed by atoms with Gasteiger partial charge in [-0.05, 0) is 31.0 Å². The number of aliphatic hydroxyl groups is 1. The van der Waals surface area contributed by atoms with Crippen LogP contribution in [0.15, 0.2) is 35.5 Å². The van der Waals surface area contributed by atoms with Crippen molar-refractivity contribution in [2.75, 3.05) is 43.6 Å². The molecule has 1 atom stereocenters. The van der Waals surface area contributed by atoms with Gasteiger partial charge in [0.15, 0.2) is 0 Å². The van der Waals surface area contributed by atoms with Crippen LogP contribution in [0.4, 0.5) is 16.2 Å². The van der Waals surface area contributed by atoms with E-state index >= 15 is 0 Å². The van der Waals surface area contributed by atoms with Crippen LogP contribution >= 0.6 is 0 Å². The van der Waals surface area contributed by atoms with E-state index in [0.29, 0.717) is 24.3 Å². The summed E-state index contributed by atoms with van der Waals surface area (Å²) in [6, 6.07) is 5.80. The first kappa shape index (κ1) is 19.9. The number of benzene rings is 1. The van der Waals surface area contributed by atoms with Crippen molar-refractivity contribution < 1.29 is 29.0 Å². The lowest BCUT2D eigenvalue weighted by atomic mass is 10.2. The monoisotopic (exact) mass is 414 g/mol. The number of carbonyl (C=O) groups is 4. The summed E-state index contributed by atoms with van der Waals surface area (Å²) in [7, 11) is 1.23. The van der Waals surface area contributed by atoms with Crippen LogP contribution in [0.25, 0.3) is 0 Å². The Kier molecular flexibility index (Phi) is 5.17. The minimum Gasteiger partial charge on any atom is -0.466 e. The summed E-state index contributed by atoms with van der Waals surface area (Å²) < 4.78 is 4.77. The highest BCUT2D eigenvalue weighted by molar-refractivity contribution is 6.21. The standard InChI is InChI=1S/C20H22N4O6/c1-30-19(28)14-11-22(8-9-25)18(27)16(14)21-12-4-2-5-13(10-12)24-17(26)15-6-3-7-23(15)20(24)29/h2,4-5,10,15,21,25H,3,6-9,11H2,1H3. The average molecular weight is 414 g/mol. The lowest BCUT2D eigenvalue weighted by Gasteiger charge is -2.17. The van der Waals surface area contributed by atoms with Crippen molar-refractivity contribution in [1.29, 1.82) is 0 Å². The van der Waals surface area contributed by atoms with E-state index in [0.717, 1.165) is 11.3 Å². The van der Waals surface area contributed by atoms with E-state index in [1.807, 2.05) is 0 Å². The van der Waals surface area contributed by atoms with Crippen LogP contribution in [0.1, 0.15) is 12.8 Å². The van der Waals surface area contributed by atoms with E-state index in [-0.39, 0.29) is 42.9 Å². The highest BCUT2D eigenvalue weighted by Crippen LogP contribution is 2.33. The van der Waals surface area contributed by atoms with Gasteiger partial charge in [-0.3, -0.25) is 9.59 Å². The van der Waals surface area contributed by atoms with Crippen LogP contribution in [0.2, 0.25) is 0 Å². The summed E-state index contributed by atoms with van der Waals surface area (Å²) in [5.74, 6) is -1.34. The third kappa shape index (κ3) is 3.18. The third-order valence-electron chi connectivity index (χ3n) is 5.52. The van der Waals surface area contributed by atoms with Gasteiger partial charge in [0.2, 0.25) is 0 Å². The van der Waals surface area contributed by atoms with Gasteiger partial charge >= 0.3 is 12.0 Å². The molecule has 3 aliphatic rings. The predicted octanol–water partition coefficient (Wildman–Crippen LogP) is 0.291. The molecule has 4 rings (SSSR count). The number of rotatable bonds is 6. The molecule has 10 nitrogen and oxygen atoms in total. The zero-order chi connectivity index (χ0) is 21.4. The molecule has 2 saturated heterocycles. The quantitative estimate of drug-likeness (QED) is 0.507. The first-order chi connectivity index (χ1) is 14.5. The summed E-state index contributed by atoms with van der Waals surface area (Å²) >= 11 is 0. The summed E-state index contributed by atoms with van der Waals surface area (Å²) in [5.41, 5.74) is 1.03. The summed E-state index contributed by atoms with van der Waals surface area (Å²) in [5, 5.41) is 12.1. The number of methoxy groups -OCH3 is 1. The van der Waals surface area contributed by atoms with E-state index < -0.39 is 17.9 Å². The molecule has 2 fully saturated rings. The number of amides is 4. The van der Waals surface area contributed by atoms with Gasteiger partial charge in [0.1, 0.15) is 11.7 Å². The van der Waals surface area contributed by atoms with Crippen molar-refractivity contribution in [3.05, 3.63) is 35.5 Å². The molecule has 1 unspecified atom stereocenters. The molecule has 0 radical (unpaired) electrons. The molecule has 158 valence electrons. The number of aliphatic hydroxyl groups excluding tert-OH is 1. The molecule has 1 aromatic carbocycles. The molecule has 3 aliphatic heterocycles. The van der Waals surface area contributed by atoms with Crippen LogP contribution in [-0.2, 0) is 19.1 Å². The lowest BCUT2D eigenvalue weighted by Crippen LogP contribution is -2.33. The van der Waals surface area contributed by atoms with Gasteiger partial charge < -0.3 is 25.0 Å². The Hall–Kier alpha value is -3.40. The fourth-order valence-electron chi connectivity index (χ4n) is 4.08. The van der Waals surface area contributed by atoms with E-state index in [1.165, 1.54) is 12.0 Å². The topological polar surface area (TPSA) is 119 Å². The molecular weight excluding hydrogens is 392 g/mol. The predicted molar refractivity (Wildman–Crippen MR) is 105 cm³/mol. The smallest absolute Gasteiger partial charge is 0.337 e. The highest BCUT2D eigenvalue weighted by Gasteiger charge is 2.48. The molecule has 0 bridgehead atoms. The number of urea groups is 1. The second-order valence-electron chi connectivity index (χ2n) is 7.28. The molecule has 0 aliphatic carbocycles. The number of anilines is 2. The fourth-order valence-corrected chi connectivity index (χ4v) is 4.08. The molecule has 0 saturated carbocycles. The number of ether oxygens (including phenoxy) is 1. The van der Waals surface area contributed by atoms with Crippen molar-refractivity contribution in [3.8, 4) is 0 Å². The Labute approximate surface area is 172 Å². The molecule has 10 heteroatoms. The van der Waals surface area contributed by atoms with E-state index in [1.54, 1.807) is 29.2 Å². The van der Waals surface area contributed by atoms with Crippen LogP contribution in [0.5, 0.6) is 0 Å². The van der Waals surface area contributed by atoms with Crippen molar-refractivity contribution in [2.24, 2.45) is 0 Å². The number of imide groups is 1. The molecular formula is C20H22N4O6. The lowest BCUT2D eigenvalue weighted by molar-refractivity contribution is -0.136. The summed E-state index contributed by atoms with van der Waals surface area (Å²) in [6.07, 6.45) is 1.47. The summed E-state index contributed by atoms with van der Waals surface area (Å²) in [6.45, 7) is 0.431. The maximum absolute atomic E-state index is 12.7. The number of carbonyl (C=O) groups excluding carboxylic acids is 4. The maximum atomic E-state index is 12.7. The molecule has 0 spiro atoms. The first-order valence-corrected chi connectivity index (χ1v) is 9.69. The molecule has 30 heavy (non-hydrogen) atoms. The zero-order valence-electron chi connectivity index (χ0n) is 16.5. The second kappa shape index (κ2) is 7.79. The Morgan fingerprint density at radius 2 is 2.10 bits per heavy atom. The van der Waals surface area contributed by atoms with Crippen LogP contribution in [0, 0.1) is 0 Å². The Morgan fingerprint density at radius 3 is 2.80 bits per heavy atom. The molecule has 0 aromatic heterocycles. The average Bonchev–Trinajstić information content (AvgIpc) is 3.40. The fraction of sp³-hybridized carbons (Fsp3) is 0.400. The Balaban J connectivity index is 1.61. The normalized spacial score (nSPS) is 21.1. The van der Waals surface area contributed by atoms with Gasteiger partial charge in [-0.1, -0.05) is 6.07 Å². The molecule has 3 heterocycles. The van der Waals surface area contributed by atoms with Crippen LogP contribution in [-0.4, -0.2) is 78.1 Å². The Bertz CT molecular complexity index is 936. The van der Waals surface area contributed by atoms with Gasteiger partial charge in [0, 0.05) is 18.8 Å². The molecule has 1 aromatic rings. The number of fused-ring (bicyclic) bond motifs is 1. The number of hydrogen-bond donors (Lipinski definition) is 2. The Morgan fingerprint density at radius 1 is 1.30 bits per heavy atom. The largest absolute Gasteiger partial charge is 0.466 e. The number of hydrogen-bond acceptors (Lipinski definition) is 7. The number of esters is 1. The van der Waals surface area contributed by atoms with Gasteiger partial charge in [0.25, 0.3) is 11.8 Å². The van der Waals surface area contributed by atoms with Crippen LogP contribution < -0.4 is 10.2 Å². The highest BCUT2D eigenvalue weighted by atomic mass is 16.5. The minimum atomic E-state index is -0.645.